The highest BCUT2D eigenvalue weighted by Gasteiger charge is 2.39. The summed E-state index contributed by atoms with van der Waals surface area (Å²) in [4.78, 5) is 0. The van der Waals surface area contributed by atoms with Gasteiger partial charge in [0.05, 0.1) is 18.3 Å². The first-order valence-electron chi connectivity index (χ1n) is 4.03. The van der Waals surface area contributed by atoms with Crippen LogP contribution in [0.1, 0.15) is 20.3 Å². The highest BCUT2D eigenvalue weighted by Crippen LogP contribution is 2.29. The lowest BCUT2D eigenvalue weighted by Crippen LogP contribution is -2.48. The molecule has 3 atom stereocenters. The Morgan fingerprint density at radius 1 is 1.64 bits per heavy atom. The number of hydrogen-bond acceptors (Lipinski definition) is 3. The van der Waals surface area contributed by atoms with E-state index < -0.39 is 5.60 Å². The van der Waals surface area contributed by atoms with Crippen molar-refractivity contribution in [2.75, 3.05) is 13.2 Å². The smallest absolute Gasteiger partial charge is 0.0716 e. The molecule has 1 aliphatic heterocycles. The van der Waals surface area contributed by atoms with E-state index >= 15 is 0 Å². The number of aliphatic hydroxyl groups excluding tert-OH is 1. The Hall–Kier alpha value is -0.120. The monoisotopic (exact) mass is 160 g/mol. The average molecular weight is 160 g/mol. The largest absolute Gasteiger partial charge is 0.396 e. The molecule has 0 aromatic heterocycles. The minimum Gasteiger partial charge on any atom is -0.396 e. The van der Waals surface area contributed by atoms with Gasteiger partial charge < -0.3 is 14.9 Å². The highest BCUT2D eigenvalue weighted by atomic mass is 16.5. The third-order valence-electron chi connectivity index (χ3n) is 2.55. The third-order valence-corrected chi connectivity index (χ3v) is 2.55. The minimum absolute atomic E-state index is 0.00579. The van der Waals surface area contributed by atoms with Gasteiger partial charge >= 0.3 is 0 Å². The molecule has 1 aliphatic rings. The summed E-state index contributed by atoms with van der Waals surface area (Å²) in [6, 6.07) is 0. The molecule has 0 spiro atoms. The molecule has 0 aromatic rings. The SMILES string of the molecule is CC1OCC[C@@](C)(O)[C@@H]1CO. The van der Waals surface area contributed by atoms with Crippen molar-refractivity contribution in [1.82, 2.24) is 0 Å². The molecule has 1 saturated heterocycles. The van der Waals surface area contributed by atoms with Crippen LogP contribution < -0.4 is 0 Å². The Kier molecular flexibility index (Phi) is 2.52. The molecular weight excluding hydrogens is 144 g/mol. The molecule has 0 bridgehead atoms. The van der Waals surface area contributed by atoms with Gasteiger partial charge in [-0.15, -0.1) is 0 Å². The molecule has 0 aromatic carbocycles. The third kappa shape index (κ3) is 1.72. The van der Waals surface area contributed by atoms with E-state index in [0.29, 0.717) is 13.0 Å². The van der Waals surface area contributed by atoms with Crippen LogP contribution >= 0.6 is 0 Å². The van der Waals surface area contributed by atoms with Gasteiger partial charge in [0, 0.05) is 12.5 Å². The molecule has 1 rings (SSSR count). The Balaban J connectivity index is 2.64. The van der Waals surface area contributed by atoms with Gasteiger partial charge in [-0.25, -0.2) is 0 Å². The van der Waals surface area contributed by atoms with Gasteiger partial charge in [0.25, 0.3) is 0 Å². The Morgan fingerprint density at radius 2 is 2.27 bits per heavy atom. The summed E-state index contributed by atoms with van der Waals surface area (Å²) >= 11 is 0. The maximum atomic E-state index is 9.76. The molecule has 1 fully saturated rings. The molecule has 0 aliphatic carbocycles. The Labute approximate surface area is 67.0 Å². The van der Waals surface area contributed by atoms with Crippen molar-refractivity contribution in [3.05, 3.63) is 0 Å². The van der Waals surface area contributed by atoms with Crippen molar-refractivity contribution in [2.24, 2.45) is 5.92 Å². The zero-order valence-electron chi connectivity index (χ0n) is 7.08. The van der Waals surface area contributed by atoms with Gasteiger partial charge in [0.15, 0.2) is 0 Å². The van der Waals surface area contributed by atoms with Gasteiger partial charge in [-0.3, -0.25) is 0 Å². The maximum Gasteiger partial charge on any atom is 0.0716 e. The van der Waals surface area contributed by atoms with E-state index in [9.17, 15) is 5.11 Å². The number of ether oxygens (including phenoxy) is 1. The average Bonchev–Trinajstić information content (AvgIpc) is 1.86. The predicted molar refractivity (Wildman–Crippen MR) is 41.2 cm³/mol. The van der Waals surface area contributed by atoms with Crippen LogP contribution in [0.3, 0.4) is 0 Å². The molecule has 1 unspecified atom stereocenters. The second kappa shape index (κ2) is 3.09. The number of hydrogen-bond donors (Lipinski definition) is 2. The molecular formula is C8H16O3. The second-order valence-corrected chi connectivity index (χ2v) is 3.47. The summed E-state index contributed by atoms with van der Waals surface area (Å²) in [6.07, 6.45) is 0.575. The summed E-state index contributed by atoms with van der Waals surface area (Å²) in [5.41, 5.74) is -0.758. The van der Waals surface area contributed by atoms with Crippen LogP contribution in [0.15, 0.2) is 0 Å². The van der Waals surface area contributed by atoms with Crippen molar-refractivity contribution in [2.45, 2.75) is 32.0 Å². The van der Waals surface area contributed by atoms with Crippen molar-refractivity contribution in [1.29, 1.82) is 0 Å². The zero-order valence-corrected chi connectivity index (χ0v) is 7.08. The van der Waals surface area contributed by atoms with Crippen LogP contribution in [0.25, 0.3) is 0 Å². The first-order chi connectivity index (χ1) is 5.08. The van der Waals surface area contributed by atoms with E-state index in [-0.39, 0.29) is 18.6 Å². The van der Waals surface area contributed by atoms with E-state index in [4.69, 9.17) is 9.84 Å². The molecule has 3 heteroatoms. The number of rotatable bonds is 1. The summed E-state index contributed by atoms with van der Waals surface area (Å²) < 4.78 is 5.30. The first-order valence-corrected chi connectivity index (χ1v) is 4.03. The van der Waals surface area contributed by atoms with Gasteiger partial charge in [-0.1, -0.05) is 0 Å². The minimum atomic E-state index is -0.758. The molecule has 0 amide bonds. The Morgan fingerprint density at radius 3 is 2.64 bits per heavy atom. The first kappa shape index (κ1) is 8.97. The van der Waals surface area contributed by atoms with Gasteiger partial charge in [0.2, 0.25) is 0 Å². The van der Waals surface area contributed by atoms with Crippen LogP contribution in [0.2, 0.25) is 0 Å². The van der Waals surface area contributed by atoms with Gasteiger partial charge in [0.1, 0.15) is 0 Å². The van der Waals surface area contributed by atoms with Crippen molar-refractivity contribution >= 4 is 0 Å². The molecule has 0 saturated carbocycles. The van der Waals surface area contributed by atoms with E-state index in [1.807, 2.05) is 6.92 Å². The van der Waals surface area contributed by atoms with Gasteiger partial charge in [-0.05, 0) is 20.3 Å². The molecule has 66 valence electrons. The predicted octanol–water partition coefficient (Wildman–Crippen LogP) is 0.155. The summed E-state index contributed by atoms with van der Waals surface area (Å²) in [5.74, 6) is -0.142. The molecule has 2 N–H and O–H groups in total. The van der Waals surface area contributed by atoms with Crippen LogP contribution in [0.5, 0.6) is 0 Å². The summed E-state index contributed by atoms with van der Waals surface area (Å²) in [7, 11) is 0. The molecule has 1 heterocycles. The maximum absolute atomic E-state index is 9.76. The van der Waals surface area contributed by atoms with Crippen molar-refractivity contribution in [3.8, 4) is 0 Å². The number of aliphatic hydroxyl groups is 2. The fourth-order valence-electron chi connectivity index (χ4n) is 1.60. The van der Waals surface area contributed by atoms with Crippen LogP contribution in [-0.4, -0.2) is 35.1 Å². The Bertz CT molecular complexity index is 133. The quantitative estimate of drug-likeness (QED) is 0.574. The van der Waals surface area contributed by atoms with Crippen molar-refractivity contribution in [3.63, 3.8) is 0 Å². The fraction of sp³-hybridized carbons (Fsp3) is 1.00. The fourth-order valence-corrected chi connectivity index (χ4v) is 1.60. The lowest BCUT2D eigenvalue weighted by Gasteiger charge is -2.40. The van der Waals surface area contributed by atoms with E-state index in [1.165, 1.54) is 0 Å². The van der Waals surface area contributed by atoms with E-state index in [0.717, 1.165) is 0 Å². The lowest BCUT2D eigenvalue weighted by atomic mass is 9.81. The van der Waals surface area contributed by atoms with Crippen LogP contribution in [-0.2, 0) is 4.74 Å². The topological polar surface area (TPSA) is 49.7 Å². The second-order valence-electron chi connectivity index (χ2n) is 3.47. The van der Waals surface area contributed by atoms with Crippen LogP contribution in [0, 0.1) is 5.92 Å². The summed E-state index contributed by atoms with van der Waals surface area (Å²) in [5, 5.41) is 18.7. The normalized spacial score (nSPS) is 45.8. The van der Waals surface area contributed by atoms with Crippen molar-refractivity contribution < 1.29 is 14.9 Å². The van der Waals surface area contributed by atoms with E-state index in [1.54, 1.807) is 6.92 Å². The van der Waals surface area contributed by atoms with E-state index in [2.05, 4.69) is 0 Å². The summed E-state index contributed by atoms with van der Waals surface area (Å²) in [6.45, 7) is 4.22. The highest BCUT2D eigenvalue weighted by molar-refractivity contribution is 4.88. The molecule has 3 nitrogen and oxygen atoms in total. The zero-order chi connectivity index (χ0) is 8.48. The van der Waals surface area contributed by atoms with Crippen LogP contribution in [0.4, 0.5) is 0 Å². The molecule has 11 heavy (non-hydrogen) atoms. The molecule has 0 radical (unpaired) electrons. The lowest BCUT2D eigenvalue weighted by molar-refractivity contribution is -0.150. The standard InChI is InChI=1S/C8H16O3/c1-6-7(5-9)8(2,10)3-4-11-6/h6-7,9-10H,3-5H2,1-2H3/t6?,7-,8-/m1/s1. The van der Waals surface area contributed by atoms with Gasteiger partial charge in [-0.2, -0.15) is 0 Å².